The lowest BCUT2D eigenvalue weighted by Crippen LogP contribution is -2.49. The van der Waals surface area contributed by atoms with Crippen LogP contribution in [0.1, 0.15) is 103 Å². The Labute approximate surface area is 367 Å². The molecule has 0 radical (unpaired) electrons. The van der Waals surface area contributed by atoms with E-state index in [-0.39, 0.29) is 55.0 Å². The maximum absolute atomic E-state index is 13.3. The van der Waals surface area contributed by atoms with Crippen molar-refractivity contribution in [2.75, 3.05) is 37.1 Å². The maximum atomic E-state index is 13.3. The van der Waals surface area contributed by atoms with Crippen LogP contribution in [0.15, 0.2) is 48.5 Å². The fourth-order valence-corrected chi connectivity index (χ4v) is 6.97. The molecule has 2 aromatic rings. The second-order valence-electron chi connectivity index (χ2n) is 14.5. The molecule has 336 valence electrons. The maximum Gasteiger partial charge on any atom is 0.257 e. The minimum absolute atomic E-state index is 0.0659. The van der Waals surface area contributed by atoms with E-state index in [1.54, 1.807) is 48.5 Å². The van der Waals surface area contributed by atoms with Gasteiger partial charge in [-0.15, -0.1) is 0 Å². The lowest BCUT2D eigenvalue weighted by Gasteiger charge is -2.19. The van der Waals surface area contributed by atoms with Gasteiger partial charge in [0.25, 0.3) is 11.8 Å². The van der Waals surface area contributed by atoms with Crippen LogP contribution in [0.25, 0.3) is 0 Å². The molecule has 0 saturated carbocycles. The molecule has 8 amide bonds. The first kappa shape index (κ1) is 52.4. The molecule has 4 atom stereocenters. The number of aryl methyl sites for hydroxylation is 2. The van der Waals surface area contributed by atoms with Gasteiger partial charge in [-0.3, -0.25) is 49.0 Å². The summed E-state index contributed by atoms with van der Waals surface area (Å²) < 4.78 is 0. The van der Waals surface area contributed by atoms with Crippen LogP contribution in [0.5, 0.6) is 0 Å². The van der Waals surface area contributed by atoms with E-state index < -0.39 is 59.6 Å². The van der Waals surface area contributed by atoms with Gasteiger partial charge in [0.15, 0.2) is 0 Å². The molecule has 0 aliphatic heterocycles. The van der Waals surface area contributed by atoms with Gasteiger partial charge < -0.3 is 32.7 Å². The quantitative estimate of drug-likeness (QED) is 0.0572. The minimum atomic E-state index is -1.08. The van der Waals surface area contributed by atoms with Gasteiger partial charge in [0.1, 0.15) is 12.1 Å². The van der Waals surface area contributed by atoms with Crippen molar-refractivity contribution in [2.24, 2.45) is 11.5 Å². The molecule has 10 N–H and O–H groups in total. The third kappa shape index (κ3) is 20.6. The van der Waals surface area contributed by atoms with Crippen molar-refractivity contribution >= 4 is 70.8 Å². The molecular formula is C43H64N8O8S2. The zero-order valence-corrected chi connectivity index (χ0v) is 37.4. The van der Waals surface area contributed by atoms with E-state index in [0.29, 0.717) is 50.3 Å². The van der Waals surface area contributed by atoms with Gasteiger partial charge in [-0.05, 0) is 106 Å². The highest BCUT2D eigenvalue weighted by atomic mass is 32.2. The Bertz CT molecular complexity index is 1620. The summed E-state index contributed by atoms with van der Waals surface area (Å²) in [7, 11) is 0. The fourth-order valence-electron chi connectivity index (χ4n) is 5.95. The van der Waals surface area contributed by atoms with Crippen molar-refractivity contribution in [1.29, 1.82) is 0 Å². The normalized spacial score (nSPS) is 12.8. The van der Waals surface area contributed by atoms with Crippen molar-refractivity contribution < 1.29 is 38.4 Å². The topological polar surface area (TPSA) is 261 Å². The van der Waals surface area contributed by atoms with Gasteiger partial charge in [-0.25, -0.2) is 0 Å². The number of nitrogens with one attached hydrogen (secondary N) is 6. The van der Waals surface area contributed by atoms with Gasteiger partial charge >= 0.3 is 0 Å². The number of imide groups is 2. The summed E-state index contributed by atoms with van der Waals surface area (Å²) >= 11 is 2.91. The second-order valence-corrected chi connectivity index (χ2v) is 16.4. The Morgan fingerprint density at radius 3 is 1.21 bits per heavy atom. The number of hydrogen-bond acceptors (Lipinski definition) is 12. The van der Waals surface area contributed by atoms with Crippen molar-refractivity contribution in [3.63, 3.8) is 0 Å². The van der Waals surface area contributed by atoms with E-state index in [1.807, 2.05) is 26.4 Å². The number of thioether (sulfide) groups is 2. The molecule has 0 saturated heterocycles. The average molecular weight is 885 g/mol. The summed E-state index contributed by atoms with van der Waals surface area (Å²) in [5.41, 5.74) is 14.3. The molecule has 2 aromatic carbocycles. The molecule has 0 fully saturated rings. The monoisotopic (exact) mass is 884 g/mol. The third-order valence-electron chi connectivity index (χ3n) is 9.64. The highest BCUT2D eigenvalue weighted by Crippen LogP contribution is 2.10. The Hall–Kier alpha value is -4.78. The summed E-state index contributed by atoms with van der Waals surface area (Å²) in [5.74, 6) is -3.32. The molecule has 18 heteroatoms. The lowest BCUT2D eigenvalue weighted by atomic mass is 10.1. The molecule has 0 heterocycles. The minimum Gasteiger partial charge on any atom is -0.355 e. The number of carbonyl (C=O) groups excluding carboxylic acids is 8. The largest absolute Gasteiger partial charge is 0.355 e. The molecule has 61 heavy (non-hydrogen) atoms. The van der Waals surface area contributed by atoms with E-state index in [9.17, 15) is 38.4 Å². The molecule has 0 spiro atoms. The predicted molar refractivity (Wildman–Crippen MR) is 241 cm³/mol. The molecule has 2 rings (SSSR count). The van der Waals surface area contributed by atoms with Gasteiger partial charge in [-0.1, -0.05) is 38.1 Å². The summed E-state index contributed by atoms with van der Waals surface area (Å²) in [6.45, 7) is 4.58. The summed E-state index contributed by atoms with van der Waals surface area (Å²) in [4.78, 5) is 103. The van der Waals surface area contributed by atoms with E-state index in [4.69, 9.17) is 11.5 Å². The standard InChI is InChI=1S/C43H64N8O8S2/c1-5-28-16-20-30(21-17-28)38(54)50-42(58)34(12-7-9-24-46-40(56)32(44)26-60-3)48-36(52)14-11-15-37(53)49-35(13-8-10-25-47-41(57)33(45)27-61-4)43(59)51-39(55)31-22-18-29(6-2)19-23-31/h16-23,32-35H,5-15,24-27,44-45H2,1-4H3,(H,46,56)(H,47,57)(H,48,52)(H,49,53)(H,50,54,58)(H,51,55,59). The van der Waals surface area contributed by atoms with Gasteiger partial charge in [0, 0.05) is 48.6 Å². The summed E-state index contributed by atoms with van der Waals surface area (Å²) in [5, 5.41) is 15.6. The van der Waals surface area contributed by atoms with Crippen LogP contribution in [0, 0.1) is 0 Å². The zero-order valence-electron chi connectivity index (χ0n) is 35.8. The van der Waals surface area contributed by atoms with Crippen LogP contribution in [0.4, 0.5) is 0 Å². The Morgan fingerprint density at radius 1 is 0.525 bits per heavy atom. The first-order valence-electron chi connectivity index (χ1n) is 20.7. The first-order valence-corrected chi connectivity index (χ1v) is 23.5. The number of hydrogen-bond donors (Lipinski definition) is 8. The fraction of sp³-hybridized carbons (Fsp3) is 0.535. The van der Waals surface area contributed by atoms with Crippen molar-refractivity contribution in [3.8, 4) is 0 Å². The van der Waals surface area contributed by atoms with Gasteiger partial charge in [0.2, 0.25) is 35.4 Å². The van der Waals surface area contributed by atoms with Crippen LogP contribution < -0.4 is 43.4 Å². The smallest absolute Gasteiger partial charge is 0.257 e. The van der Waals surface area contributed by atoms with Crippen LogP contribution in [0.3, 0.4) is 0 Å². The number of carbonyl (C=O) groups is 8. The molecule has 0 aliphatic rings. The zero-order chi connectivity index (χ0) is 45.2. The number of rotatable bonds is 28. The van der Waals surface area contributed by atoms with Crippen LogP contribution in [0.2, 0.25) is 0 Å². The van der Waals surface area contributed by atoms with E-state index in [2.05, 4.69) is 31.9 Å². The Morgan fingerprint density at radius 2 is 0.885 bits per heavy atom. The molecule has 0 aliphatic carbocycles. The number of unbranched alkanes of at least 4 members (excludes halogenated alkanes) is 2. The second kappa shape index (κ2) is 29.5. The van der Waals surface area contributed by atoms with Gasteiger partial charge in [-0.2, -0.15) is 23.5 Å². The molecular weight excluding hydrogens is 821 g/mol. The predicted octanol–water partition coefficient (Wildman–Crippen LogP) is 2.12. The average Bonchev–Trinajstić information content (AvgIpc) is 3.25. The Balaban J connectivity index is 2.02. The van der Waals surface area contributed by atoms with E-state index in [1.165, 1.54) is 23.5 Å². The van der Waals surface area contributed by atoms with Crippen LogP contribution in [-0.4, -0.2) is 109 Å². The van der Waals surface area contributed by atoms with Crippen molar-refractivity contribution in [2.45, 2.75) is 109 Å². The van der Waals surface area contributed by atoms with Crippen molar-refractivity contribution in [1.82, 2.24) is 31.9 Å². The first-order chi connectivity index (χ1) is 29.2. The van der Waals surface area contributed by atoms with Gasteiger partial charge in [0.05, 0.1) is 12.1 Å². The number of amides is 8. The third-order valence-corrected chi connectivity index (χ3v) is 11.0. The van der Waals surface area contributed by atoms with Crippen LogP contribution >= 0.6 is 23.5 Å². The molecule has 0 bridgehead atoms. The highest BCUT2D eigenvalue weighted by Gasteiger charge is 2.25. The number of nitrogens with two attached hydrogens (primary N) is 2. The number of benzene rings is 2. The van der Waals surface area contributed by atoms with Crippen LogP contribution in [-0.2, 0) is 41.6 Å². The molecule has 4 unspecified atom stereocenters. The Kier molecular flexibility index (Phi) is 25.3. The SMILES string of the molecule is CCc1ccc(C(=O)NC(=O)C(CCCCNC(=O)C(N)CSC)NC(=O)CCCC(=O)NC(CCCCNC(=O)C(N)CSC)C(=O)NC(=O)c2ccc(CC)cc2)cc1. The summed E-state index contributed by atoms with van der Waals surface area (Å²) in [6.07, 6.45) is 7.18. The molecule has 0 aromatic heterocycles. The van der Waals surface area contributed by atoms with E-state index in [0.717, 1.165) is 24.0 Å². The van der Waals surface area contributed by atoms with Crippen molar-refractivity contribution in [3.05, 3.63) is 70.8 Å². The highest BCUT2D eigenvalue weighted by molar-refractivity contribution is 7.98. The lowest BCUT2D eigenvalue weighted by molar-refractivity contribution is -0.129. The van der Waals surface area contributed by atoms with E-state index >= 15 is 0 Å². The molecule has 16 nitrogen and oxygen atoms in total. The summed E-state index contributed by atoms with van der Waals surface area (Å²) in [6, 6.07) is 10.2.